The minimum absolute atomic E-state index is 0. The maximum atomic E-state index is 12.5. The maximum Gasteiger partial charge on any atom is 0.258 e. The fourth-order valence-corrected chi connectivity index (χ4v) is 3.66. The molecule has 0 spiro atoms. The number of anilines is 2. The van der Waals surface area contributed by atoms with E-state index in [0.29, 0.717) is 28.5 Å². The molecule has 0 radical (unpaired) electrons. The lowest BCUT2D eigenvalue weighted by Gasteiger charge is -2.22. The van der Waals surface area contributed by atoms with Crippen molar-refractivity contribution >= 4 is 71.5 Å². The van der Waals surface area contributed by atoms with E-state index in [9.17, 15) is 9.59 Å². The van der Waals surface area contributed by atoms with E-state index < -0.39 is 0 Å². The molecule has 2 heterocycles. The van der Waals surface area contributed by atoms with Gasteiger partial charge in [-0.1, -0.05) is 23.7 Å². The summed E-state index contributed by atoms with van der Waals surface area (Å²) in [7, 11) is 0. The number of benzene rings is 1. The van der Waals surface area contributed by atoms with Gasteiger partial charge >= 0.3 is 0 Å². The Labute approximate surface area is 185 Å². The molecule has 0 aliphatic carbocycles. The first-order valence-corrected chi connectivity index (χ1v) is 9.78. The lowest BCUT2D eigenvalue weighted by molar-refractivity contribution is -0.116. The van der Waals surface area contributed by atoms with E-state index in [1.54, 1.807) is 36.4 Å². The van der Waals surface area contributed by atoms with Crippen LogP contribution in [0.5, 0.6) is 0 Å². The van der Waals surface area contributed by atoms with E-state index >= 15 is 0 Å². The molecule has 2 amide bonds. The molecular weight excluding hydrogens is 443 g/mol. The monoisotopic (exact) mass is 462 g/mol. The second-order valence-corrected chi connectivity index (χ2v) is 7.43. The Morgan fingerprint density at radius 2 is 1.96 bits per heavy atom. The van der Waals surface area contributed by atoms with Crippen molar-refractivity contribution in [1.82, 2.24) is 10.3 Å². The number of carbonyl (C=O) groups excluding carboxylic acids is 2. The fraction of sp³-hybridized carbons (Fsp3) is 0.278. The second kappa shape index (κ2) is 12.1. The van der Waals surface area contributed by atoms with Gasteiger partial charge in [0.05, 0.1) is 16.3 Å². The van der Waals surface area contributed by atoms with Crippen LogP contribution in [0.2, 0.25) is 5.02 Å². The predicted molar refractivity (Wildman–Crippen MR) is 121 cm³/mol. The minimum Gasteiger partial charge on any atom is -0.325 e. The van der Waals surface area contributed by atoms with Crippen molar-refractivity contribution in [2.45, 2.75) is 12.5 Å². The van der Waals surface area contributed by atoms with Crippen molar-refractivity contribution in [3.8, 4) is 0 Å². The van der Waals surface area contributed by atoms with Gasteiger partial charge in [-0.25, -0.2) is 4.98 Å². The summed E-state index contributed by atoms with van der Waals surface area (Å²) in [6.45, 7) is 0.912. The van der Waals surface area contributed by atoms with Crippen LogP contribution in [0.15, 0.2) is 42.6 Å². The highest BCUT2D eigenvalue weighted by molar-refractivity contribution is 7.99. The van der Waals surface area contributed by atoms with Gasteiger partial charge in [0.15, 0.2) is 0 Å². The molecule has 1 saturated heterocycles. The third-order valence-corrected chi connectivity index (χ3v) is 5.20. The molecule has 1 aliphatic heterocycles. The highest BCUT2D eigenvalue weighted by Crippen LogP contribution is 2.19. The number of hydrogen-bond acceptors (Lipinski definition) is 5. The van der Waals surface area contributed by atoms with Crippen molar-refractivity contribution in [2.75, 3.05) is 28.7 Å². The standard InChI is InChI=1S/C18H19ClN4O2S.2ClH/c19-12-5-6-16(21-10-12)23-18(25)14-3-1-2-4-15(14)22-17(24)9-13-11-26-8-7-20-13;;/h1-6,10,13,20H,7-9,11H2,(H,22,24)(H,21,23,25);2*1H. The normalized spacial score (nSPS) is 15.5. The van der Waals surface area contributed by atoms with Crippen LogP contribution in [0, 0.1) is 0 Å². The molecule has 0 bridgehead atoms. The third-order valence-electron chi connectivity index (χ3n) is 3.85. The summed E-state index contributed by atoms with van der Waals surface area (Å²) in [5.41, 5.74) is 0.857. The fourth-order valence-electron chi connectivity index (χ4n) is 2.60. The first kappa shape index (κ1) is 24.5. The van der Waals surface area contributed by atoms with Gasteiger partial charge in [0.25, 0.3) is 5.91 Å². The molecule has 0 saturated carbocycles. The van der Waals surface area contributed by atoms with Gasteiger partial charge in [-0.05, 0) is 24.3 Å². The first-order chi connectivity index (χ1) is 12.6. The Morgan fingerprint density at radius 3 is 2.64 bits per heavy atom. The second-order valence-electron chi connectivity index (χ2n) is 5.84. The van der Waals surface area contributed by atoms with Gasteiger partial charge in [-0.15, -0.1) is 24.8 Å². The molecule has 3 N–H and O–H groups in total. The molecule has 152 valence electrons. The van der Waals surface area contributed by atoms with E-state index in [1.807, 2.05) is 11.8 Å². The van der Waals surface area contributed by atoms with Crippen LogP contribution in [-0.4, -0.2) is 40.9 Å². The number of rotatable bonds is 5. The number of hydrogen-bond donors (Lipinski definition) is 3. The van der Waals surface area contributed by atoms with E-state index in [-0.39, 0.29) is 42.7 Å². The molecule has 3 rings (SSSR count). The Morgan fingerprint density at radius 1 is 1.18 bits per heavy atom. The molecular formula is C18H21Cl3N4O2S. The highest BCUT2D eigenvalue weighted by Gasteiger charge is 2.18. The molecule has 2 aromatic rings. The Hall–Kier alpha value is -1.51. The van der Waals surface area contributed by atoms with Gasteiger partial charge in [-0.3, -0.25) is 9.59 Å². The summed E-state index contributed by atoms with van der Waals surface area (Å²) in [6, 6.07) is 10.3. The Bertz CT molecular complexity index is 787. The van der Waals surface area contributed by atoms with Crippen LogP contribution in [0.4, 0.5) is 11.5 Å². The van der Waals surface area contributed by atoms with Crippen molar-refractivity contribution in [3.05, 3.63) is 53.2 Å². The van der Waals surface area contributed by atoms with Gasteiger partial charge < -0.3 is 16.0 Å². The summed E-state index contributed by atoms with van der Waals surface area (Å²) >= 11 is 7.64. The average molecular weight is 464 g/mol. The molecule has 1 aromatic heterocycles. The van der Waals surface area contributed by atoms with Crippen LogP contribution in [0.3, 0.4) is 0 Å². The number of thioether (sulfide) groups is 1. The van der Waals surface area contributed by atoms with E-state index in [1.165, 1.54) is 6.20 Å². The number of aromatic nitrogens is 1. The van der Waals surface area contributed by atoms with Gasteiger partial charge in [0.1, 0.15) is 5.82 Å². The van der Waals surface area contributed by atoms with E-state index in [4.69, 9.17) is 11.6 Å². The topological polar surface area (TPSA) is 83.1 Å². The SMILES string of the molecule is Cl.Cl.O=C(CC1CSCCN1)Nc1ccccc1C(=O)Nc1ccc(Cl)cn1. The largest absolute Gasteiger partial charge is 0.325 e. The van der Waals surface area contributed by atoms with Crippen molar-refractivity contribution in [3.63, 3.8) is 0 Å². The van der Waals surface area contributed by atoms with Crippen LogP contribution >= 0.6 is 48.2 Å². The molecule has 1 atom stereocenters. The summed E-state index contributed by atoms with van der Waals surface area (Å²) in [5, 5.41) is 9.37. The maximum absolute atomic E-state index is 12.5. The summed E-state index contributed by atoms with van der Waals surface area (Å²) < 4.78 is 0. The van der Waals surface area contributed by atoms with Crippen molar-refractivity contribution in [2.24, 2.45) is 0 Å². The number of pyridine rings is 1. The number of para-hydroxylation sites is 1. The molecule has 1 fully saturated rings. The number of halogens is 3. The molecule has 1 aromatic carbocycles. The molecule has 28 heavy (non-hydrogen) atoms. The van der Waals surface area contributed by atoms with Crippen LogP contribution in [0.25, 0.3) is 0 Å². The van der Waals surface area contributed by atoms with Gasteiger partial charge in [0, 0.05) is 36.7 Å². The van der Waals surface area contributed by atoms with Crippen molar-refractivity contribution < 1.29 is 9.59 Å². The Kier molecular flexibility index (Phi) is 10.6. The van der Waals surface area contributed by atoms with Gasteiger partial charge in [-0.2, -0.15) is 11.8 Å². The first-order valence-electron chi connectivity index (χ1n) is 8.25. The van der Waals surface area contributed by atoms with E-state index in [0.717, 1.165) is 18.1 Å². The summed E-state index contributed by atoms with van der Waals surface area (Å²) in [6.07, 6.45) is 1.84. The predicted octanol–water partition coefficient (Wildman–Crippen LogP) is 3.86. The van der Waals surface area contributed by atoms with Crippen molar-refractivity contribution in [1.29, 1.82) is 0 Å². The zero-order chi connectivity index (χ0) is 18.4. The van der Waals surface area contributed by atoms with E-state index in [2.05, 4.69) is 20.9 Å². The minimum atomic E-state index is -0.345. The molecule has 1 unspecified atom stereocenters. The number of amides is 2. The summed E-state index contributed by atoms with van der Waals surface area (Å²) in [4.78, 5) is 28.9. The number of carbonyl (C=O) groups is 2. The van der Waals surface area contributed by atoms with Gasteiger partial charge in [0.2, 0.25) is 5.91 Å². The smallest absolute Gasteiger partial charge is 0.258 e. The average Bonchev–Trinajstić information content (AvgIpc) is 2.65. The number of nitrogens with zero attached hydrogens (tertiary/aromatic N) is 1. The molecule has 6 nitrogen and oxygen atoms in total. The lowest BCUT2D eigenvalue weighted by atomic mass is 10.1. The number of nitrogens with one attached hydrogen (secondary N) is 3. The zero-order valence-corrected chi connectivity index (χ0v) is 18.0. The van der Waals surface area contributed by atoms with Crippen LogP contribution < -0.4 is 16.0 Å². The summed E-state index contributed by atoms with van der Waals surface area (Å²) in [5.74, 6) is 1.92. The Balaban J connectivity index is 0.00000196. The van der Waals surface area contributed by atoms with Crippen LogP contribution in [0.1, 0.15) is 16.8 Å². The molecule has 10 heteroatoms. The lowest BCUT2D eigenvalue weighted by Crippen LogP contribution is -2.40. The highest BCUT2D eigenvalue weighted by atomic mass is 35.5. The third kappa shape index (κ3) is 7.14. The zero-order valence-electron chi connectivity index (χ0n) is 14.8. The quantitative estimate of drug-likeness (QED) is 0.627. The van der Waals surface area contributed by atoms with Crippen LogP contribution in [-0.2, 0) is 4.79 Å². The molecule has 1 aliphatic rings.